The normalized spacial score (nSPS) is 15.4. The van der Waals surface area contributed by atoms with Crippen LogP contribution in [0.4, 0.5) is 0 Å². The second-order valence-electron chi connectivity index (χ2n) is 2.40. The molecule has 0 radical (unpaired) electrons. The van der Waals surface area contributed by atoms with E-state index in [0.29, 0.717) is 12.3 Å². The number of nitriles is 1. The molecule has 3 nitrogen and oxygen atoms in total. The highest BCUT2D eigenvalue weighted by atomic mass is 32.2. The number of nitrogens with one attached hydrogen (secondary N) is 1. The zero-order valence-corrected chi connectivity index (χ0v) is 7.03. The molecule has 0 saturated carbocycles. The molecular formula is C6H12N2OS. The van der Waals surface area contributed by atoms with Gasteiger partial charge < -0.3 is 10.4 Å². The largest absolute Gasteiger partial charge is 0.387 e. The van der Waals surface area contributed by atoms with Crippen LogP contribution in [0.3, 0.4) is 0 Å². The van der Waals surface area contributed by atoms with E-state index < -0.39 is 5.60 Å². The summed E-state index contributed by atoms with van der Waals surface area (Å²) in [5, 5.41) is 19.9. The Morgan fingerprint density at radius 2 is 2.40 bits per heavy atom. The van der Waals surface area contributed by atoms with Crippen LogP contribution >= 0.6 is 11.8 Å². The van der Waals surface area contributed by atoms with Crippen molar-refractivity contribution in [2.75, 3.05) is 18.6 Å². The highest BCUT2D eigenvalue weighted by molar-refractivity contribution is 7.98. The Hall–Kier alpha value is -0.400. The summed E-state index contributed by atoms with van der Waals surface area (Å²) in [7, 11) is 0. The average molecular weight is 160 g/mol. The molecule has 0 amide bonds. The minimum absolute atomic E-state index is 0.324. The zero-order chi connectivity index (χ0) is 8.04. The van der Waals surface area contributed by atoms with Gasteiger partial charge in [0.05, 0.1) is 12.1 Å². The average Bonchev–Trinajstić information content (AvgIpc) is 1.84. The molecule has 0 aliphatic heterocycles. The SMILES string of the molecule is CSCC(C)(O)CNC#N. The van der Waals surface area contributed by atoms with Gasteiger partial charge in [0.25, 0.3) is 0 Å². The molecule has 0 heterocycles. The molecular weight excluding hydrogens is 148 g/mol. The van der Waals surface area contributed by atoms with Crippen molar-refractivity contribution in [1.29, 1.82) is 5.26 Å². The second kappa shape index (κ2) is 4.42. The van der Waals surface area contributed by atoms with Gasteiger partial charge in [-0.15, -0.1) is 0 Å². The summed E-state index contributed by atoms with van der Waals surface area (Å²) >= 11 is 1.56. The van der Waals surface area contributed by atoms with Crippen LogP contribution < -0.4 is 5.32 Å². The van der Waals surface area contributed by atoms with Crippen LogP contribution in [0.15, 0.2) is 0 Å². The molecule has 0 rings (SSSR count). The molecule has 4 heteroatoms. The topological polar surface area (TPSA) is 56.0 Å². The number of thioether (sulfide) groups is 1. The first-order valence-corrected chi connectivity index (χ1v) is 4.35. The molecule has 0 aromatic heterocycles. The quantitative estimate of drug-likeness (QED) is 0.455. The van der Waals surface area contributed by atoms with Crippen LogP contribution in [0.2, 0.25) is 0 Å². The van der Waals surface area contributed by atoms with E-state index in [0.717, 1.165) is 0 Å². The zero-order valence-electron chi connectivity index (χ0n) is 6.22. The van der Waals surface area contributed by atoms with Crippen molar-refractivity contribution < 1.29 is 5.11 Å². The molecule has 0 aromatic carbocycles. The van der Waals surface area contributed by atoms with Crippen molar-refractivity contribution >= 4 is 11.8 Å². The number of rotatable bonds is 4. The highest BCUT2D eigenvalue weighted by Gasteiger charge is 2.18. The van der Waals surface area contributed by atoms with Gasteiger partial charge in [-0.1, -0.05) is 0 Å². The minimum atomic E-state index is -0.769. The van der Waals surface area contributed by atoms with Crippen molar-refractivity contribution in [3.63, 3.8) is 0 Å². The summed E-state index contributed by atoms with van der Waals surface area (Å²) < 4.78 is 0. The molecule has 58 valence electrons. The van der Waals surface area contributed by atoms with Crippen LogP contribution in [-0.4, -0.2) is 29.3 Å². The first-order chi connectivity index (χ1) is 4.62. The molecule has 2 N–H and O–H groups in total. The number of hydrogen-bond acceptors (Lipinski definition) is 4. The minimum Gasteiger partial charge on any atom is -0.387 e. The fourth-order valence-corrected chi connectivity index (χ4v) is 1.32. The Balaban J connectivity index is 3.54. The van der Waals surface area contributed by atoms with Gasteiger partial charge in [0, 0.05) is 5.75 Å². The molecule has 1 unspecified atom stereocenters. The summed E-state index contributed by atoms with van der Waals surface area (Å²) in [6.07, 6.45) is 3.68. The van der Waals surface area contributed by atoms with E-state index in [9.17, 15) is 5.11 Å². The highest BCUT2D eigenvalue weighted by Crippen LogP contribution is 2.08. The summed E-state index contributed by atoms with van der Waals surface area (Å²) in [6.45, 7) is 2.03. The Bertz CT molecular complexity index is 130. The maximum absolute atomic E-state index is 9.41. The van der Waals surface area contributed by atoms with E-state index in [2.05, 4.69) is 5.32 Å². The Morgan fingerprint density at radius 1 is 1.80 bits per heavy atom. The van der Waals surface area contributed by atoms with Gasteiger partial charge in [0.1, 0.15) is 0 Å². The molecule has 0 aliphatic rings. The molecule has 0 aliphatic carbocycles. The number of aliphatic hydroxyl groups is 1. The summed E-state index contributed by atoms with van der Waals surface area (Å²) in [6, 6.07) is 0. The molecule has 0 aromatic rings. The molecule has 0 spiro atoms. The maximum atomic E-state index is 9.41. The van der Waals surface area contributed by atoms with Gasteiger partial charge in [-0.3, -0.25) is 0 Å². The monoisotopic (exact) mass is 160 g/mol. The summed E-state index contributed by atoms with van der Waals surface area (Å²) in [4.78, 5) is 0. The van der Waals surface area contributed by atoms with Crippen molar-refractivity contribution in [1.82, 2.24) is 5.32 Å². The summed E-state index contributed by atoms with van der Waals surface area (Å²) in [5.74, 6) is 0.641. The van der Waals surface area contributed by atoms with Crippen LogP contribution in [-0.2, 0) is 0 Å². The molecule has 0 bridgehead atoms. The van der Waals surface area contributed by atoms with Gasteiger partial charge in [-0.05, 0) is 13.2 Å². The summed E-state index contributed by atoms with van der Waals surface area (Å²) in [5.41, 5.74) is -0.769. The predicted octanol–water partition coefficient (Wildman–Crippen LogP) is 0.171. The van der Waals surface area contributed by atoms with Crippen molar-refractivity contribution in [3.8, 4) is 6.19 Å². The van der Waals surface area contributed by atoms with Gasteiger partial charge in [-0.2, -0.15) is 17.0 Å². The number of nitrogens with zero attached hydrogens (tertiary/aromatic N) is 1. The first kappa shape index (κ1) is 9.60. The molecule has 0 fully saturated rings. The third-order valence-corrected chi connectivity index (χ3v) is 1.91. The van der Waals surface area contributed by atoms with Crippen LogP contribution in [0.5, 0.6) is 0 Å². The fourth-order valence-electron chi connectivity index (χ4n) is 0.592. The third kappa shape index (κ3) is 4.48. The van der Waals surface area contributed by atoms with E-state index in [4.69, 9.17) is 5.26 Å². The van der Waals surface area contributed by atoms with Crippen molar-refractivity contribution in [3.05, 3.63) is 0 Å². The Labute approximate surface area is 65.4 Å². The van der Waals surface area contributed by atoms with Crippen LogP contribution in [0, 0.1) is 11.5 Å². The lowest BCUT2D eigenvalue weighted by Gasteiger charge is -2.20. The van der Waals surface area contributed by atoms with E-state index in [1.807, 2.05) is 6.26 Å². The predicted molar refractivity (Wildman–Crippen MR) is 42.6 cm³/mol. The third-order valence-electron chi connectivity index (χ3n) is 1.00. The van der Waals surface area contributed by atoms with Gasteiger partial charge in [0.2, 0.25) is 0 Å². The van der Waals surface area contributed by atoms with Gasteiger partial charge >= 0.3 is 0 Å². The second-order valence-corrected chi connectivity index (χ2v) is 3.26. The van der Waals surface area contributed by atoms with Crippen LogP contribution in [0.1, 0.15) is 6.92 Å². The van der Waals surface area contributed by atoms with E-state index in [1.165, 1.54) is 0 Å². The lowest BCUT2D eigenvalue weighted by atomic mass is 10.1. The van der Waals surface area contributed by atoms with E-state index >= 15 is 0 Å². The lowest BCUT2D eigenvalue weighted by Crippen LogP contribution is -2.38. The molecule has 0 saturated heterocycles. The fraction of sp³-hybridized carbons (Fsp3) is 0.833. The smallest absolute Gasteiger partial charge is 0.176 e. The Morgan fingerprint density at radius 3 is 2.80 bits per heavy atom. The maximum Gasteiger partial charge on any atom is 0.176 e. The van der Waals surface area contributed by atoms with Gasteiger partial charge in [-0.25, -0.2) is 0 Å². The van der Waals surface area contributed by atoms with E-state index in [-0.39, 0.29) is 0 Å². The van der Waals surface area contributed by atoms with Crippen molar-refractivity contribution in [2.45, 2.75) is 12.5 Å². The van der Waals surface area contributed by atoms with E-state index in [1.54, 1.807) is 24.9 Å². The molecule has 1 atom stereocenters. The standard InChI is InChI=1S/C6H12N2OS/c1-6(9,4-10-2)3-8-5-7/h8-9H,3-4H2,1-2H3. The van der Waals surface area contributed by atoms with Crippen LogP contribution in [0.25, 0.3) is 0 Å². The lowest BCUT2D eigenvalue weighted by molar-refractivity contribution is 0.0892. The van der Waals surface area contributed by atoms with Gasteiger partial charge in [0.15, 0.2) is 6.19 Å². The number of hydrogen-bond donors (Lipinski definition) is 2. The first-order valence-electron chi connectivity index (χ1n) is 2.95. The van der Waals surface area contributed by atoms with Crippen molar-refractivity contribution in [2.24, 2.45) is 0 Å². The Kier molecular flexibility index (Phi) is 4.24. The molecule has 10 heavy (non-hydrogen) atoms.